The molecule has 0 aliphatic rings. The third-order valence-corrected chi connectivity index (χ3v) is 1.65. The topological polar surface area (TPSA) is 15.8 Å². The van der Waals surface area contributed by atoms with Crippen molar-refractivity contribution in [2.75, 3.05) is 0 Å². The van der Waals surface area contributed by atoms with E-state index >= 15 is 0 Å². The van der Waals surface area contributed by atoms with E-state index in [0.29, 0.717) is 0 Å². The van der Waals surface area contributed by atoms with Crippen LogP contribution in [0.5, 0.6) is 0 Å². The number of hydrogen-bond donors (Lipinski definition) is 1. The van der Waals surface area contributed by atoms with Crippen molar-refractivity contribution in [3.05, 3.63) is 18.3 Å². The Balaban J connectivity index is 3.05. The van der Waals surface area contributed by atoms with Gasteiger partial charge in [-0.15, -0.1) is 0 Å². The molecule has 6 heavy (non-hydrogen) atoms. The maximum absolute atomic E-state index is 3.06. The Kier molecular flexibility index (Phi) is 1.19. The molecule has 1 nitrogen and oxygen atoms in total. The summed E-state index contributed by atoms with van der Waals surface area (Å²) in [6.45, 7) is 0. The van der Waals surface area contributed by atoms with Crippen LogP contribution in [-0.4, -0.2) is 27.5 Å². The first kappa shape index (κ1) is 4.24. The predicted molar refractivity (Wildman–Crippen MR) is 27.6 cm³/mol. The molecule has 0 amide bonds. The third-order valence-electron chi connectivity index (χ3n) is 0.622. The second kappa shape index (κ2) is 1.69. The molecule has 0 aliphatic heterocycles. The maximum atomic E-state index is 3.06. The Bertz CT molecular complexity index is 111. The van der Waals surface area contributed by atoms with Gasteiger partial charge in [-0.3, -0.25) is 0 Å². The molecule has 0 aliphatic carbocycles. The SMILES string of the molecule is [SnH][c]1ccc[nH]1. The standard InChI is InChI=1S/C4H4N.Sn.H/c1-2-4-5-3-1;;/h1-3,5H;;. The minimum absolute atomic E-state index is 1.20. The number of nitrogens with one attached hydrogen (secondary N) is 1. The Morgan fingerprint density at radius 3 is 2.67 bits per heavy atom. The van der Waals surface area contributed by atoms with E-state index in [4.69, 9.17) is 0 Å². The van der Waals surface area contributed by atoms with Gasteiger partial charge >= 0.3 is 49.5 Å². The van der Waals surface area contributed by atoms with Gasteiger partial charge in [0.25, 0.3) is 0 Å². The van der Waals surface area contributed by atoms with Crippen LogP contribution in [0.25, 0.3) is 0 Å². The van der Waals surface area contributed by atoms with Crippen LogP contribution < -0.4 is 3.71 Å². The molecule has 30 valence electrons. The Labute approximate surface area is 49.8 Å². The Hall–Kier alpha value is 0.0787. The number of rotatable bonds is 0. The molecule has 1 heterocycles. The third kappa shape index (κ3) is 0.772. The second-order valence-electron chi connectivity index (χ2n) is 1.13. The summed E-state index contributed by atoms with van der Waals surface area (Å²) in [5.74, 6) is 0. The van der Waals surface area contributed by atoms with Gasteiger partial charge in [0.05, 0.1) is 0 Å². The molecule has 1 aromatic heterocycles. The van der Waals surface area contributed by atoms with E-state index in [-0.39, 0.29) is 0 Å². The van der Waals surface area contributed by atoms with Gasteiger partial charge in [-0.25, -0.2) is 0 Å². The second-order valence-corrected chi connectivity index (χ2v) is 2.90. The van der Waals surface area contributed by atoms with Gasteiger partial charge in [0.2, 0.25) is 0 Å². The fourth-order valence-corrected chi connectivity index (χ4v) is 0.936. The molecule has 2 radical (unpaired) electrons. The van der Waals surface area contributed by atoms with Crippen molar-refractivity contribution in [1.29, 1.82) is 0 Å². The molecule has 0 unspecified atom stereocenters. The van der Waals surface area contributed by atoms with Crippen LogP contribution in [0.4, 0.5) is 0 Å². The normalized spacial score (nSPS) is 8.83. The average Bonchev–Trinajstić information content (AvgIpc) is 1.86. The minimum atomic E-state index is 1.20. The monoisotopic (exact) mass is 187 g/mol. The first-order valence-electron chi connectivity index (χ1n) is 1.78. The van der Waals surface area contributed by atoms with Crippen molar-refractivity contribution in [1.82, 2.24) is 4.98 Å². The van der Waals surface area contributed by atoms with Crippen LogP contribution in [0.2, 0.25) is 0 Å². The molecule has 1 N–H and O–H groups in total. The fraction of sp³-hybridized carbons (Fsp3) is 0. The van der Waals surface area contributed by atoms with Crippen molar-refractivity contribution in [2.45, 2.75) is 0 Å². The molecular weight excluding hydrogens is 181 g/mol. The molecule has 0 aromatic carbocycles. The van der Waals surface area contributed by atoms with Crippen molar-refractivity contribution >= 4 is 26.2 Å². The van der Waals surface area contributed by atoms with Crippen LogP contribution >= 0.6 is 0 Å². The summed E-state index contributed by atoms with van der Waals surface area (Å²) in [6, 6.07) is 4.10. The molecule has 0 saturated heterocycles. The molecular formula is C4H5NSn. The predicted octanol–water partition coefficient (Wildman–Crippen LogP) is -0.459. The first-order chi connectivity index (χ1) is 2.89. The Morgan fingerprint density at radius 2 is 2.50 bits per heavy atom. The van der Waals surface area contributed by atoms with Crippen LogP contribution in [0, 0.1) is 0 Å². The number of H-pyrrole nitrogens is 1. The molecule has 0 bridgehead atoms. The van der Waals surface area contributed by atoms with Crippen molar-refractivity contribution in [3.8, 4) is 0 Å². The van der Waals surface area contributed by atoms with Crippen LogP contribution in [0.3, 0.4) is 0 Å². The van der Waals surface area contributed by atoms with Gasteiger partial charge in [-0.2, -0.15) is 0 Å². The summed E-state index contributed by atoms with van der Waals surface area (Å²) in [7, 11) is 0. The van der Waals surface area contributed by atoms with E-state index in [2.05, 4.69) is 11.1 Å². The summed E-state index contributed by atoms with van der Waals surface area (Å²) in [5.41, 5.74) is 0. The van der Waals surface area contributed by atoms with E-state index in [9.17, 15) is 0 Å². The van der Waals surface area contributed by atoms with Gasteiger partial charge in [0.15, 0.2) is 0 Å². The van der Waals surface area contributed by atoms with Crippen molar-refractivity contribution in [2.24, 2.45) is 0 Å². The summed E-state index contributed by atoms with van der Waals surface area (Å²) in [4.78, 5) is 3.06. The molecule has 0 atom stereocenters. The number of aromatic nitrogens is 1. The van der Waals surface area contributed by atoms with E-state index in [0.717, 1.165) is 0 Å². The molecule has 0 fully saturated rings. The van der Waals surface area contributed by atoms with E-state index in [1.807, 2.05) is 12.3 Å². The molecule has 1 aromatic rings. The molecule has 1 rings (SSSR count). The van der Waals surface area contributed by atoms with Crippen molar-refractivity contribution in [3.63, 3.8) is 0 Å². The fourth-order valence-electron chi connectivity index (χ4n) is 0.344. The zero-order valence-electron chi connectivity index (χ0n) is 3.31. The van der Waals surface area contributed by atoms with Crippen LogP contribution in [0.1, 0.15) is 0 Å². The zero-order valence-corrected chi connectivity index (χ0v) is 6.61. The number of aromatic amines is 1. The van der Waals surface area contributed by atoms with Crippen LogP contribution in [0.15, 0.2) is 18.3 Å². The van der Waals surface area contributed by atoms with Gasteiger partial charge in [0.1, 0.15) is 0 Å². The summed E-state index contributed by atoms with van der Waals surface area (Å²) in [6.07, 6.45) is 1.94. The molecule has 0 spiro atoms. The van der Waals surface area contributed by atoms with Gasteiger partial charge in [0, 0.05) is 0 Å². The molecule has 0 saturated carbocycles. The van der Waals surface area contributed by atoms with Gasteiger partial charge in [-0.1, -0.05) is 0 Å². The summed E-state index contributed by atoms with van der Waals surface area (Å²) >= 11 is 1.20. The number of hydrogen-bond acceptors (Lipinski definition) is 0. The average molecular weight is 186 g/mol. The van der Waals surface area contributed by atoms with E-state index < -0.39 is 0 Å². The van der Waals surface area contributed by atoms with E-state index in [1.54, 1.807) is 0 Å². The quantitative estimate of drug-likeness (QED) is 0.527. The van der Waals surface area contributed by atoms with Gasteiger partial charge < -0.3 is 0 Å². The van der Waals surface area contributed by atoms with Gasteiger partial charge in [-0.05, 0) is 0 Å². The molecule has 2 heteroatoms. The van der Waals surface area contributed by atoms with Crippen LogP contribution in [-0.2, 0) is 0 Å². The Morgan fingerprint density at radius 1 is 1.67 bits per heavy atom. The van der Waals surface area contributed by atoms with Crippen molar-refractivity contribution < 1.29 is 0 Å². The summed E-state index contributed by atoms with van der Waals surface area (Å²) < 4.78 is 1.35. The summed E-state index contributed by atoms with van der Waals surface area (Å²) in [5, 5.41) is 0. The first-order valence-corrected chi connectivity index (χ1v) is 3.43. The van der Waals surface area contributed by atoms with E-state index in [1.165, 1.54) is 26.2 Å². The zero-order chi connectivity index (χ0) is 4.41.